The quantitative estimate of drug-likeness (QED) is 0.780. The number of nitrogens with zero attached hydrogens (tertiary/aromatic N) is 1. The smallest absolute Gasteiger partial charge is 0.261 e. The molecule has 0 saturated heterocycles. The SMILES string of the molecule is Cc1ccc(N2C(=O)c3ccccc3[C@@]2(O)c2ccccc2)cc1. The topological polar surface area (TPSA) is 40.5 Å². The number of fused-ring (bicyclic) bond motifs is 1. The van der Waals surface area contributed by atoms with Crippen molar-refractivity contribution in [1.29, 1.82) is 0 Å². The van der Waals surface area contributed by atoms with Gasteiger partial charge < -0.3 is 5.11 Å². The number of benzene rings is 3. The lowest BCUT2D eigenvalue weighted by Crippen LogP contribution is -2.45. The number of hydrogen-bond acceptors (Lipinski definition) is 2. The van der Waals surface area contributed by atoms with Crippen molar-refractivity contribution in [2.45, 2.75) is 12.6 Å². The zero-order valence-corrected chi connectivity index (χ0v) is 13.3. The third-order valence-corrected chi connectivity index (χ3v) is 4.53. The third kappa shape index (κ3) is 1.99. The Bertz CT molecular complexity index is 903. The normalized spacial score (nSPS) is 19.4. The first-order chi connectivity index (χ1) is 11.6. The van der Waals surface area contributed by atoms with Crippen LogP contribution < -0.4 is 4.90 Å². The van der Waals surface area contributed by atoms with Crippen LogP contribution in [0.1, 0.15) is 27.0 Å². The van der Waals surface area contributed by atoms with E-state index in [1.54, 1.807) is 6.07 Å². The van der Waals surface area contributed by atoms with Crippen LogP contribution in [0.15, 0.2) is 78.9 Å². The molecule has 1 N–H and O–H groups in total. The molecule has 0 spiro atoms. The Kier molecular flexibility index (Phi) is 3.25. The minimum Gasteiger partial charge on any atom is -0.363 e. The van der Waals surface area contributed by atoms with Gasteiger partial charge in [-0.05, 0) is 25.1 Å². The van der Waals surface area contributed by atoms with Gasteiger partial charge in [0, 0.05) is 22.4 Å². The van der Waals surface area contributed by atoms with Crippen molar-refractivity contribution in [2.75, 3.05) is 4.90 Å². The summed E-state index contributed by atoms with van der Waals surface area (Å²) in [6, 6.07) is 24.2. The predicted octanol–water partition coefficient (Wildman–Crippen LogP) is 3.85. The second-order valence-corrected chi connectivity index (χ2v) is 6.06. The average Bonchev–Trinajstić information content (AvgIpc) is 2.86. The van der Waals surface area contributed by atoms with Gasteiger partial charge in [0.15, 0.2) is 5.72 Å². The molecule has 0 aromatic heterocycles. The minimum atomic E-state index is -1.51. The molecule has 1 aliphatic heterocycles. The number of aliphatic hydroxyl groups is 1. The molecular weight excluding hydrogens is 298 g/mol. The second kappa shape index (κ2) is 5.32. The molecule has 24 heavy (non-hydrogen) atoms. The van der Waals surface area contributed by atoms with Crippen LogP contribution in [-0.2, 0) is 5.72 Å². The molecular formula is C21H17NO2. The first kappa shape index (κ1) is 14.7. The number of aryl methyl sites for hydroxylation is 1. The van der Waals surface area contributed by atoms with Gasteiger partial charge in [-0.3, -0.25) is 9.69 Å². The molecule has 1 atom stereocenters. The predicted molar refractivity (Wildman–Crippen MR) is 93.9 cm³/mol. The number of carbonyl (C=O) groups excluding carboxylic acids is 1. The maximum Gasteiger partial charge on any atom is 0.261 e. The Morgan fingerprint density at radius 1 is 0.833 bits per heavy atom. The molecule has 0 unspecified atom stereocenters. The van der Waals surface area contributed by atoms with Crippen molar-refractivity contribution in [3.8, 4) is 0 Å². The maximum absolute atomic E-state index is 13.0. The molecule has 118 valence electrons. The Balaban J connectivity index is 1.98. The number of anilines is 1. The van der Waals surface area contributed by atoms with Crippen LogP contribution in [0.3, 0.4) is 0 Å². The Hall–Kier alpha value is -2.91. The summed E-state index contributed by atoms with van der Waals surface area (Å²) in [5, 5.41) is 11.7. The Labute approximate surface area is 140 Å². The molecule has 0 radical (unpaired) electrons. The lowest BCUT2D eigenvalue weighted by atomic mass is 9.93. The molecule has 3 nitrogen and oxygen atoms in total. The van der Waals surface area contributed by atoms with Gasteiger partial charge in [-0.15, -0.1) is 0 Å². The summed E-state index contributed by atoms with van der Waals surface area (Å²) < 4.78 is 0. The molecule has 0 fully saturated rings. The fourth-order valence-corrected chi connectivity index (χ4v) is 3.31. The van der Waals surface area contributed by atoms with Crippen LogP contribution in [0.5, 0.6) is 0 Å². The van der Waals surface area contributed by atoms with Crippen molar-refractivity contribution in [3.63, 3.8) is 0 Å². The summed E-state index contributed by atoms with van der Waals surface area (Å²) in [7, 11) is 0. The lowest BCUT2D eigenvalue weighted by Gasteiger charge is -2.35. The van der Waals surface area contributed by atoms with Crippen LogP contribution in [-0.4, -0.2) is 11.0 Å². The van der Waals surface area contributed by atoms with Crippen LogP contribution in [0.4, 0.5) is 5.69 Å². The highest BCUT2D eigenvalue weighted by Crippen LogP contribution is 2.44. The van der Waals surface area contributed by atoms with E-state index in [0.717, 1.165) is 5.56 Å². The highest BCUT2D eigenvalue weighted by Gasteiger charge is 2.50. The van der Waals surface area contributed by atoms with Gasteiger partial charge in [0.2, 0.25) is 0 Å². The van der Waals surface area contributed by atoms with E-state index in [2.05, 4.69) is 0 Å². The fraction of sp³-hybridized carbons (Fsp3) is 0.0952. The van der Waals surface area contributed by atoms with Gasteiger partial charge in [0.1, 0.15) is 0 Å². The average molecular weight is 315 g/mol. The number of carbonyl (C=O) groups is 1. The standard InChI is InChI=1S/C21H17NO2/c1-15-11-13-17(14-12-15)22-20(23)18-9-5-6-10-19(18)21(22,24)16-7-3-2-4-8-16/h2-14,24H,1H3/t21-/m0/s1. The molecule has 1 heterocycles. The highest BCUT2D eigenvalue weighted by molar-refractivity contribution is 6.12. The highest BCUT2D eigenvalue weighted by atomic mass is 16.3. The molecule has 3 aromatic rings. The van der Waals surface area contributed by atoms with Gasteiger partial charge >= 0.3 is 0 Å². The van der Waals surface area contributed by atoms with E-state index in [9.17, 15) is 9.90 Å². The molecule has 0 bridgehead atoms. The van der Waals surface area contributed by atoms with Gasteiger partial charge in [-0.1, -0.05) is 66.2 Å². The van der Waals surface area contributed by atoms with Crippen LogP contribution in [0, 0.1) is 6.92 Å². The first-order valence-electron chi connectivity index (χ1n) is 7.91. The van der Waals surface area contributed by atoms with E-state index in [0.29, 0.717) is 22.4 Å². The second-order valence-electron chi connectivity index (χ2n) is 6.06. The molecule has 0 saturated carbocycles. The summed E-state index contributed by atoms with van der Waals surface area (Å²) >= 11 is 0. The third-order valence-electron chi connectivity index (χ3n) is 4.53. The summed E-state index contributed by atoms with van der Waals surface area (Å²) in [6.07, 6.45) is 0. The van der Waals surface area contributed by atoms with E-state index in [4.69, 9.17) is 0 Å². The molecule has 3 aromatic carbocycles. The molecule has 1 aliphatic rings. The van der Waals surface area contributed by atoms with Gasteiger partial charge in [0.05, 0.1) is 0 Å². The molecule has 0 aliphatic carbocycles. The van der Waals surface area contributed by atoms with Crippen molar-refractivity contribution < 1.29 is 9.90 Å². The number of rotatable bonds is 2. The van der Waals surface area contributed by atoms with Crippen LogP contribution >= 0.6 is 0 Å². The summed E-state index contributed by atoms with van der Waals surface area (Å²) in [4.78, 5) is 14.5. The van der Waals surface area contributed by atoms with Crippen molar-refractivity contribution in [1.82, 2.24) is 0 Å². The van der Waals surface area contributed by atoms with E-state index in [1.165, 1.54) is 4.90 Å². The van der Waals surface area contributed by atoms with E-state index in [1.807, 2.05) is 79.7 Å². The van der Waals surface area contributed by atoms with Crippen LogP contribution in [0.25, 0.3) is 0 Å². The number of amides is 1. The zero-order valence-electron chi connectivity index (χ0n) is 13.3. The summed E-state index contributed by atoms with van der Waals surface area (Å²) in [5.74, 6) is -0.194. The van der Waals surface area contributed by atoms with Crippen molar-refractivity contribution in [2.24, 2.45) is 0 Å². The fourth-order valence-electron chi connectivity index (χ4n) is 3.31. The Morgan fingerprint density at radius 2 is 1.46 bits per heavy atom. The van der Waals surface area contributed by atoms with Crippen LogP contribution in [0.2, 0.25) is 0 Å². The molecule has 1 amide bonds. The van der Waals surface area contributed by atoms with E-state index >= 15 is 0 Å². The Morgan fingerprint density at radius 3 is 2.17 bits per heavy atom. The maximum atomic E-state index is 13.0. The monoisotopic (exact) mass is 315 g/mol. The van der Waals surface area contributed by atoms with Crippen molar-refractivity contribution in [3.05, 3.63) is 101 Å². The van der Waals surface area contributed by atoms with E-state index < -0.39 is 5.72 Å². The largest absolute Gasteiger partial charge is 0.363 e. The lowest BCUT2D eigenvalue weighted by molar-refractivity contribution is 0.0703. The molecule has 4 rings (SSSR count). The minimum absolute atomic E-state index is 0.194. The van der Waals surface area contributed by atoms with Gasteiger partial charge in [-0.2, -0.15) is 0 Å². The van der Waals surface area contributed by atoms with E-state index in [-0.39, 0.29) is 5.91 Å². The molecule has 3 heteroatoms. The van der Waals surface area contributed by atoms with Crippen molar-refractivity contribution >= 4 is 11.6 Å². The number of hydrogen-bond donors (Lipinski definition) is 1. The summed E-state index contributed by atoms with van der Waals surface area (Å²) in [6.45, 7) is 1.99. The first-order valence-corrected chi connectivity index (χ1v) is 7.91. The van der Waals surface area contributed by atoms with Gasteiger partial charge in [0.25, 0.3) is 5.91 Å². The zero-order chi connectivity index (χ0) is 16.7. The van der Waals surface area contributed by atoms with Gasteiger partial charge in [-0.25, -0.2) is 0 Å². The summed E-state index contributed by atoms with van der Waals surface area (Å²) in [5.41, 5.74) is 2.08.